The van der Waals surface area contributed by atoms with E-state index in [9.17, 15) is 0 Å². The number of aromatic nitrogens is 2. The summed E-state index contributed by atoms with van der Waals surface area (Å²) < 4.78 is 0. The van der Waals surface area contributed by atoms with Gasteiger partial charge in [-0.25, -0.2) is 4.98 Å². The average molecular weight is 248 g/mol. The van der Waals surface area contributed by atoms with Gasteiger partial charge in [-0.2, -0.15) is 4.98 Å². The third-order valence-corrected chi connectivity index (χ3v) is 4.05. The molecule has 0 atom stereocenters. The van der Waals surface area contributed by atoms with Crippen LogP contribution in [0.3, 0.4) is 0 Å². The second kappa shape index (κ2) is 4.49. The van der Waals surface area contributed by atoms with Crippen LogP contribution in [-0.2, 0) is 0 Å². The molecule has 2 aromatic heterocycles. The van der Waals surface area contributed by atoms with Crippen LogP contribution in [0.4, 0.5) is 11.8 Å². The highest BCUT2D eigenvalue weighted by Gasteiger charge is 2.17. The number of nitrogens with one attached hydrogen (secondary N) is 2. The molecule has 17 heavy (non-hydrogen) atoms. The number of thiophene rings is 1. The molecule has 1 saturated carbocycles. The van der Waals surface area contributed by atoms with Gasteiger partial charge in [0.05, 0.1) is 5.39 Å². The highest BCUT2D eigenvalue weighted by Crippen LogP contribution is 2.29. The summed E-state index contributed by atoms with van der Waals surface area (Å²) in [4.78, 5) is 10.0. The molecule has 3 rings (SSSR count). The van der Waals surface area contributed by atoms with Crippen molar-refractivity contribution >= 4 is 33.3 Å². The van der Waals surface area contributed by atoms with Crippen molar-refractivity contribution in [3.8, 4) is 0 Å². The highest BCUT2D eigenvalue weighted by atomic mass is 32.1. The maximum atomic E-state index is 4.53. The monoisotopic (exact) mass is 248 g/mol. The van der Waals surface area contributed by atoms with Crippen LogP contribution in [0.1, 0.15) is 25.7 Å². The van der Waals surface area contributed by atoms with E-state index < -0.39 is 0 Å². The van der Waals surface area contributed by atoms with Crippen molar-refractivity contribution in [1.82, 2.24) is 9.97 Å². The Bertz CT molecular complexity index is 516. The van der Waals surface area contributed by atoms with Gasteiger partial charge in [-0.3, -0.25) is 0 Å². The SMILES string of the molecule is CNc1nc(NC2CCCC2)c2ccsc2n1. The van der Waals surface area contributed by atoms with Gasteiger partial charge < -0.3 is 10.6 Å². The van der Waals surface area contributed by atoms with Crippen molar-refractivity contribution in [2.24, 2.45) is 0 Å². The van der Waals surface area contributed by atoms with Crippen LogP contribution in [0.2, 0.25) is 0 Å². The van der Waals surface area contributed by atoms with E-state index in [0.717, 1.165) is 16.0 Å². The van der Waals surface area contributed by atoms with E-state index in [1.54, 1.807) is 11.3 Å². The summed E-state index contributed by atoms with van der Waals surface area (Å²) in [5, 5.41) is 9.79. The van der Waals surface area contributed by atoms with Crippen molar-refractivity contribution < 1.29 is 0 Å². The second-order valence-electron chi connectivity index (χ2n) is 4.41. The first-order chi connectivity index (χ1) is 8.36. The minimum Gasteiger partial charge on any atom is -0.367 e. The fourth-order valence-corrected chi connectivity index (χ4v) is 3.10. The predicted octanol–water partition coefficient (Wildman–Crippen LogP) is 3.09. The van der Waals surface area contributed by atoms with Gasteiger partial charge in [0.15, 0.2) is 0 Å². The van der Waals surface area contributed by atoms with Crippen LogP contribution in [0, 0.1) is 0 Å². The lowest BCUT2D eigenvalue weighted by molar-refractivity contribution is 0.752. The molecule has 0 radical (unpaired) electrons. The number of hydrogen-bond donors (Lipinski definition) is 2. The highest BCUT2D eigenvalue weighted by molar-refractivity contribution is 7.16. The van der Waals surface area contributed by atoms with E-state index in [2.05, 4.69) is 32.0 Å². The first-order valence-electron chi connectivity index (χ1n) is 6.06. The van der Waals surface area contributed by atoms with Gasteiger partial charge in [-0.15, -0.1) is 11.3 Å². The normalized spacial score (nSPS) is 16.5. The molecule has 0 aromatic carbocycles. The first-order valence-corrected chi connectivity index (χ1v) is 6.94. The summed E-state index contributed by atoms with van der Waals surface area (Å²) in [7, 11) is 1.86. The van der Waals surface area contributed by atoms with Crippen LogP contribution >= 0.6 is 11.3 Å². The summed E-state index contributed by atoms with van der Waals surface area (Å²) in [6, 6.07) is 2.68. The van der Waals surface area contributed by atoms with Crippen LogP contribution in [0.15, 0.2) is 11.4 Å². The lowest BCUT2D eigenvalue weighted by Gasteiger charge is -2.14. The summed E-state index contributed by atoms with van der Waals surface area (Å²) in [6.07, 6.45) is 5.16. The Morgan fingerprint density at radius 2 is 2.12 bits per heavy atom. The molecule has 5 heteroatoms. The Hall–Kier alpha value is -1.36. The molecule has 0 amide bonds. The smallest absolute Gasteiger partial charge is 0.225 e. The van der Waals surface area contributed by atoms with Gasteiger partial charge in [-0.1, -0.05) is 12.8 Å². The molecule has 2 heterocycles. The van der Waals surface area contributed by atoms with Crippen LogP contribution in [0.5, 0.6) is 0 Å². The number of rotatable bonds is 3. The van der Waals surface area contributed by atoms with E-state index in [-0.39, 0.29) is 0 Å². The maximum Gasteiger partial charge on any atom is 0.225 e. The van der Waals surface area contributed by atoms with Crippen molar-refractivity contribution in [3.63, 3.8) is 0 Å². The van der Waals surface area contributed by atoms with Crippen molar-refractivity contribution in [1.29, 1.82) is 0 Å². The summed E-state index contributed by atoms with van der Waals surface area (Å²) in [5.74, 6) is 1.67. The summed E-state index contributed by atoms with van der Waals surface area (Å²) in [5.41, 5.74) is 0. The molecule has 1 fully saturated rings. The molecule has 2 aromatic rings. The number of hydrogen-bond acceptors (Lipinski definition) is 5. The molecule has 0 unspecified atom stereocenters. The second-order valence-corrected chi connectivity index (χ2v) is 5.31. The summed E-state index contributed by atoms with van der Waals surface area (Å²) in [6.45, 7) is 0. The number of fused-ring (bicyclic) bond motifs is 1. The molecule has 0 spiro atoms. The van der Waals surface area contributed by atoms with Crippen LogP contribution in [0.25, 0.3) is 10.2 Å². The molecule has 0 aliphatic heterocycles. The number of nitrogens with zero attached hydrogens (tertiary/aromatic N) is 2. The Balaban J connectivity index is 1.97. The fourth-order valence-electron chi connectivity index (χ4n) is 2.34. The Labute approximate surface area is 104 Å². The topological polar surface area (TPSA) is 49.8 Å². The molecular formula is C12H16N4S. The van der Waals surface area contributed by atoms with E-state index in [1.807, 2.05) is 7.05 Å². The Morgan fingerprint density at radius 1 is 1.29 bits per heavy atom. The van der Waals surface area contributed by atoms with E-state index in [0.29, 0.717) is 12.0 Å². The van der Waals surface area contributed by atoms with Gasteiger partial charge in [0.1, 0.15) is 10.6 Å². The quantitative estimate of drug-likeness (QED) is 0.876. The van der Waals surface area contributed by atoms with E-state index >= 15 is 0 Å². The van der Waals surface area contributed by atoms with Gasteiger partial charge in [0.25, 0.3) is 0 Å². The largest absolute Gasteiger partial charge is 0.367 e. The van der Waals surface area contributed by atoms with Crippen molar-refractivity contribution in [2.45, 2.75) is 31.7 Å². The average Bonchev–Trinajstić information content (AvgIpc) is 2.98. The van der Waals surface area contributed by atoms with Crippen LogP contribution < -0.4 is 10.6 Å². The van der Waals surface area contributed by atoms with Gasteiger partial charge in [-0.05, 0) is 24.3 Å². The minimum atomic E-state index is 0.581. The standard InChI is InChI=1S/C12H16N4S/c1-13-12-15-10(14-8-4-2-3-5-8)9-6-7-17-11(9)16-12/h6-8H,2-5H2,1H3,(H2,13,14,15,16). The minimum absolute atomic E-state index is 0.581. The lowest BCUT2D eigenvalue weighted by atomic mass is 10.2. The third kappa shape index (κ3) is 2.07. The number of anilines is 2. The maximum absolute atomic E-state index is 4.53. The zero-order valence-electron chi connectivity index (χ0n) is 9.86. The third-order valence-electron chi connectivity index (χ3n) is 3.24. The zero-order valence-corrected chi connectivity index (χ0v) is 10.7. The van der Waals surface area contributed by atoms with Crippen molar-refractivity contribution in [2.75, 3.05) is 17.7 Å². The molecule has 0 saturated heterocycles. The van der Waals surface area contributed by atoms with Gasteiger partial charge in [0.2, 0.25) is 5.95 Å². The molecular weight excluding hydrogens is 232 g/mol. The Kier molecular flexibility index (Phi) is 2.84. The van der Waals surface area contributed by atoms with Gasteiger partial charge >= 0.3 is 0 Å². The molecule has 0 bridgehead atoms. The molecule has 1 aliphatic carbocycles. The molecule has 2 N–H and O–H groups in total. The van der Waals surface area contributed by atoms with Crippen LogP contribution in [-0.4, -0.2) is 23.1 Å². The first kappa shape index (κ1) is 10.8. The molecule has 1 aliphatic rings. The Morgan fingerprint density at radius 3 is 2.88 bits per heavy atom. The van der Waals surface area contributed by atoms with Gasteiger partial charge in [0, 0.05) is 13.1 Å². The summed E-state index contributed by atoms with van der Waals surface area (Å²) >= 11 is 1.66. The fraction of sp³-hybridized carbons (Fsp3) is 0.500. The molecule has 4 nitrogen and oxygen atoms in total. The zero-order chi connectivity index (χ0) is 11.7. The van der Waals surface area contributed by atoms with Crippen molar-refractivity contribution in [3.05, 3.63) is 11.4 Å². The van der Waals surface area contributed by atoms with E-state index in [1.165, 1.54) is 25.7 Å². The van der Waals surface area contributed by atoms with E-state index in [4.69, 9.17) is 0 Å². The lowest BCUT2D eigenvalue weighted by Crippen LogP contribution is -2.16. The molecule has 90 valence electrons. The predicted molar refractivity (Wildman–Crippen MR) is 72.8 cm³/mol.